The van der Waals surface area contributed by atoms with Crippen LogP contribution in [0, 0.1) is 5.92 Å². The highest BCUT2D eigenvalue weighted by atomic mass is 35.5. The Morgan fingerprint density at radius 3 is 2.71 bits per heavy atom. The summed E-state index contributed by atoms with van der Waals surface area (Å²) in [6.07, 6.45) is 5.45. The fourth-order valence-electron chi connectivity index (χ4n) is 2.18. The fraction of sp³-hybridized carbons (Fsp3) is 0.250. The maximum Gasteiger partial charge on any atom is 0.244 e. The van der Waals surface area contributed by atoms with Gasteiger partial charge in [-0.2, -0.15) is 0 Å². The lowest BCUT2D eigenvalue weighted by atomic mass is 10.1. The normalized spacial score (nSPS) is 14.0. The van der Waals surface area contributed by atoms with E-state index in [0.717, 1.165) is 12.8 Å². The van der Waals surface area contributed by atoms with Gasteiger partial charge in [-0.3, -0.25) is 9.59 Å². The summed E-state index contributed by atoms with van der Waals surface area (Å²) in [6.45, 7) is 0.156. The molecule has 0 bridgehead atoms. The van der Waals surface area contributed by atoms with Crippen molar-refractivity contribution in [2.75, 3.05) is 5.32 Å². The van der Waals surface area contributed by atoms with Crippen LogP contribution in [-0.4, -0.2) is 16.3 Å². The van der Waals surface area contributed by atoms with E-state index in [9.17, 15) is 9.59 Å². The smallest absolute Gasteiger partial charge is 0.244 e. The Bertz CT molecular complexity index is 689. The number of hydrogen-bond acceptors (Lipinski definition) is 2. The number of nitrogens with zero attached hydrogens (tertiary/aromatic N) is 1. The zero-order chi connectivity index (χ0) is 14.8. The summed E-state index contributed by atoms with van der Waals surface area (Å²) < 4.78 is 1.71. The number of para-hydroxylation sites is 1. The molecule has 2 aromatic rings. The first-order chi connectivity index (χ1) is 10.1. The van der Waals surface area contributed by atoms with E-state index in [4.69, 9.17) is 11.6 Å². The number of aromatic nitrogens is 1. The Morgan fingerprint density at radius 2 is 2.00 bits per heavy atom. The third kappa shape index (κ3) is 3.34. The van der Waals surface area contributed by atoms with Gasteiger partial charge in [0.05, 0.1) is 10.7 Å². The van der Waals surface area contributed by atoms with Crippen LogP contribution in [-0.2, 0) is 11.3 Å². The van der Waals surface area contributed by atoms with Gasteiger partial charge >= 0.3 is 0 Å². The Labute approximate surface area is 127 Å². The molecule has 0 spiro atoms. The summed E-state index contributed by atoms with van der Waals surface area (Å²) in [5.41, 5.74) is 1.27. The number of anilines is 1. The molecule has 0 radical (unpaired) electrons. The lowest BCUT2D eigenvalue weighted by Crippen LogP contribution is -2.18. The van der Waals surface area contributed by atoms with Crippen LogP contribution in [0.25, 0.3) is 0 Å². The summed E-state index contributed by atoms with van der Waals surface area (Å²) in [7, 11) is 0. The maximum absolute atomic E-state index is 12.0. The second-order valence-electron chi connectivity index (χ2n) is 5.24. The van der Waals surface area contributed by atoms with Gasteiger partial charge < -0.3 is 9.88 Å². The molecule has 4 nitrogen and oxygen atoms in total. The lowest BCUT2D eigenvalue weighted by Gasteiger charge is -2.07. The number of carbonyl (C=O) groups excluding carboxylic acids is 2. The van der Waals surface area contributed by atoms with E-state index < -0.39 is 0 Å². The molecule has 1 fully saturated rings. The summed E-state index contributed by atoms with van der Waals surface area (Å²) in [4.78, 5) is 23.9. The minimum atomic E-state index is -0.177. The molecule has 108 valence electrons. The van der Waals surface area contributed by atoms with Crippen LogP contribution in [0.15, 0.2) is 42.7 Å². The molecule has 1 aromatic heterocycles. The molecule has 1 aliphatic carbocycles. The predicted octanol–water partition coefficient (Wildman–Crippen LogP) is 3.37. The van der Waals surface area contributed by atoms with Crippen molar-refractivity contribution in [3.63, 3.8) is 0 Å². The Morgan fingerprint density at radius 1 is 1.24 bits per heavy atom. The van der Waals surface area contributed by atoms with Crippen LogP contribution < -0.4 is 5.32 Å². The molecule has 1 heterocycles. The Kier molecular flexibility index (Phi) is 3.80. The van der Waals surface area contributed by atoms with Crippen molar-refractivity contribution in [2.24, 2.45) is 5.92 Å². The van der Waals surface area contributed by atoms with Gasteiger partial charge in [0, 0.05) is 23.9 Å². The lowest BCUT2D eigenvalue weighted by molar-refractivity contribution is -0.116. The van der Waals surface area contributed by atoms with Crippen molar-refractivity contribution in [1.82, 2.24) is 4.57 Å². The van der Waals surface area contributed by atoms with Gasteiger partial charge in [-0.15, -0.1) is 0 Å². The third-order valence-electron chi connectivity index (χ3n) is 3.46. The highest BCUT2D eigenvalue weighted by Crippen LogP contribution is 2.32. The van der Waals surface area contributed by atoms with Crippen molar-refractivity contribution in [2.45, 2.75) is 19.4 Å². The van der Waals surface area contributed by atoms with Gasteiger partial charge in [0.25, 0.3) is 0 Å². The van der Waals surface area contributed by atoms with Crippen LogP contribution in [0.2, 0.25) is 5.02 Å². The van der Waals surface area contributed by atoms with Crippen LogP contribution in [0.3, 0.4) is 0 Å². The largest absolute Gasteiger partial charge is 0.344 e. The van der Waals surface area contributed by atoms with Crippen LogP contribution in [0.4, 0.5) is 5.69 Å². The standard InChI is InChI=1S/C16H15ClN2O2/c17-13-3-1-2-4-14(13)18-15(20)10-19-8-7-12(9-19)16(21)11-5-6-11/h1-4,7-9,11H,5-6,10H2,(H,18,20). The summed E-state index contributed by atoms with van der Waals surface area (Å²) >= 11 is 5.99. The Balaban J connectivity index is 1.62. The minimum absolute atomic E-state index is 0.156. The molecule has 5 heteroatoms. The average Bonchev–Trinajstić information content (AvgIpc) is 3.21. The van der Waals surface area contributed by atoms with E-state index in [1.807, 2.05) is 6.07 Å². The van der Waals surface area contributed by atoms with Crippen LogP contribution in [0.5, 0.6) is 0 Å². The van der Waals surface area contributed by atoms with Gasteiger partial charge in [-0.05, 0) is 31.0 Å². The molecule has 0 saturated heterocycles. The summed E-state index contributed by atoms with van der Waals surface area (Å²) in [5.74, 6) is 0.196. The molecule has 0 aliphatic heterocycles. The minimum Gasteiger partial charge on any atom is -0.344 e. The van der Waals surface area contributed by atoms with E-state index in [1.165, 1.54) is 0 Å². The van der Waals surface area contributed by atoms with Crippen molar-refractivity contribution < 1.29 is 9.59 Å². The first kappa shape index (κ1) is 13.9. The van der Waals surface area contributed by atoms with Crippen LogP contribution in [0.1, 0.15) is 23.2 Å². The number of halogens is 1. The van der Waals surface area contributed by atoms with E-state index in [2.05, 4.69) is 5.32 Å². The molecule has 1 saturated carbocycles. The number of amides is 1. The molecule has 21 heavy (non-hydrogen) atoms. The second kappa shape index (κ2) is 5.74. The van der Waals surface area contributed by atoms with E-state index in [-0.39, 0.29) is 24.2 Å². The molecule has 3 rings (SSSR count). The molecule has 1 amide bonds. The molecule has 1 N–H and O–H groups in total. The van der Waals surface area contributed by atoms with Crippen molar-refractivity contribution in [3.05, 3.63) is 53.3 Å². The first-order valence-electron chi connectivity index (χ1n) is 6.88. The van der Waals surface area contributed by atoms with E-state index in [1.54, 1.807) is 41.2 Å². The van der Waals surface area contributed by atoms with Gasteiger partial charge in [-0.1, -0.05) is 23.7 Å². The van der Waals surface area contributed by atoms with E-state index >= 15 is 0 Å². The maximum atomic E-state index is 12.0. The number of hydrogen-bond donors (Lipinski definition) is 1. The topological polar surface area (TPSA) is 51.1 Å². The number of ketones is 1. The molecule has 1 aromatic carbocycles. The van der Waals surface area contributed by atoms with Crippen LogP contribution >= 0.6 is 11.6 Å². The molecular formula is C16H15ClN2O2. The highest BCUT2D eigenvalue weighted by molar-refractivity contribution is 6.33. The molecular weight excluding hydrogens is 288 g/mol. The SMILES string of the molecule is O=C(Cn1ccc(C(=O)C2CC2)c1)Nc1ccccc1Cl. The zero-order valence-corrected chi connectivity index (χ0v) is 12.1. The van der Waals surface area contributed by atoms with E-state index in [0.29, 0.717) is 16.3 Å². The van der Waals surface area contributed by atoms with Gasteiger partial charge in [0.15, 0.2) is 5.78 Å². The van der Waals surface area contributed by atoms with Crippen molar-refractivity contribution >= 4 is 29.0 Å². The number of nitrogens with one attached hydrogen (secondary N) is 1. The van der Waals surface area contributed by atoms with Gasteiger partial charge in [0.2, 0.25) is 5.91 Å². The molecule has 0 unspecified atom stereocenters. The number of benzene rings is 1. The molecule has 0 atom stereocenters. The Hall–Kier alpha value is -2.07. The number of rotatable bonds is 5. The summed E-state index contributed by atoms with van der Waals surface area (Å²) in [6, 6.07) is 8.85. The monoisotopic (exact) mass is 302 g/mol. The van der Waals surface area contributed by atoms with Gasteiger partial charge in [0.1, 0.15) is 6.54 Å². The van der Waals surface area contributed by atoms with Crippen molar-refractivity contribution in [3.8, 4) is 0 Å². The zero-order valence-electron chi connectivity index (χ0n) is 11.4. The predicted molar refractivity (Wildman–Crippen MR) is 81.6 cm³/mol. The fourth-order valence-corrected chi connectivity index (χ4v) is 2.37. The number of carbonyl (C=O) groups is 2. The first-order valence-corrected chi connectivity index (χ1v) is 7.25. The van der Waals surface area contributed by atoms with Gasteiger partial charge in [-0.25, -0.2) is 0 Å². The third-order valence-corrected chi connectivity index (χ3v) is 3.79. The number of Topliss-reactive ketones (excluding diaryl/α,β-unsaturated/α-hetero) is 1. The molecule has 1 aliphatic rings. The average molecular weight is 303 g/mol. The quantitative estimate of drug-likeness (QED) is 0.861. The second-order valence-corrected chi connectivity index (χ2v) is 5.65. The summed E-state index contributed by atoms with van der Waals surface area (Å²) in [5, 5.41) is 3.26. The van der Waals surface area contributed by atoms with Crippen molar-refractivity contribution in [1.29, 1.82) is 0 Å². The highest BCUT2D eigenvalue weighted by Gasteiger charge is 2.30.